The van der Waals surface area contributed by atoms with Crippen LogP contribution in [0.3, 0.4) is 0 Å². The fourth-order valence-electron chi connectivity index (χ4n) is 2.21. The summed E-state index contributed by atoms with van der Waals surface area (Å²) in [6, 6.07) is 15.7. The molecule has 0 spiro atoms. The molecule has 1 aliphatic heterocycles. The largest absolute Gasteiger partial charge is 0.741 e. The van der Waals surface area contributed by atoms with Gasteiger partial charge in [0, 0.05) is 0 Å². The first-order valence-electron chi connectivity index (χ1n) is 8.02. The molecule has 2 aromatic carbocycles. The summed E-state index contributed by atoms with van der Waals surface area (Å²) in [6.07, 6.45) is 0. The van der Waals surface area contributed by atoms with Gasteiger partial charge in [-0.1, -0.05) is 36.0 Å². The predicted octanol–water partition coefficient (Wildman–Crippen LogP) is 3.43. The number of ether oxygens (including phenoxy) is 1. The van der Waals surface area contributed by atoms with Gasteiger partial charge >= 0.3 is 16.5 Å². The van der Waals surface area contributed by atoms with Gasteiger partial charge in [0.25, 0.3) is 0 Å². The van der Waals surface area contributed by atoms with Crippen LogP contribution in [0.5, 0.6) is 0 Å². The van der Waals surface area contributed by atoms with Crippen molar-refractivity contribution in [3.63, 3.8) is 0 Å². The SMILES string of the molecule is CCOC(=O)C(=[N+]=[N-])[S+]1c2ccccc2Sc2ccccc21.O=S(=O)([O-])C(F)(F)F. The van der Waals surface area contributed by atoms with Crippen LogP contribution in [0.25, 0.3) is 5.53 Å². The van der Waals surface area contributed by atoms with Gasteiger partial charge in [-0.2, -0.15) is 13.2 Å². The standard InChI is InChI=1S/C16H13N2O2S2.CHF3O3S/c1-2-20-16(19)15(18-17)22-13-9-5-3-7-11(13)21-12-8-4-6-10-14(12)22;2-1(3,4)8(5,6)7/h3-10H,2H2,1H3;(H,5,6,7)/q+1;/p-1. The summed E-state index contributed by atoms with van der Waals surface area (Å²) in [7, 11) is -6.85. The molecule has 0 amide bonds. The first kappa shape index (κ1) is 24.0. The van der Waals surface area contributed by atoms with Gasteiger partial charge in [-0.15, -0.1) is 4.79 Å². The highest BCUT2D eigenvalue weighted by molar-refractivity contribution is 8.14. The normalized spacial score (nSPS) is 13.1. The molecule has 0 N–H and O–H groups in total. The van der Waals surface area contributed by atoms with Gasteiger partial charge in [-0.3, -0.25) is 0 Å². The number of carbonyl (C=O) groups excluding carboxylic acids is 1. The van der Waals surface area contributed by atoms with E-state index in [-0.39, 0.29) is 11.7 Å². The number of nitrogens with zero attached hydrogens (tertiary/aromatic N) is 2. The van der Waals surface area contributed by atoms with E-state index in [4.69, 9.17) is 17.7 Å². The van der Waals surface area contributed by atoms with E-state index in [0.29, 0.717) is 0 Å². The van der Waals surface area contributed by atoms with Crippen LogP contribution in [-0.4, -0.2) is 40.9 Å². The number of hydrogen-bond donors (Lipinski definition) is 0. The molecule has 1 aliphatic rings. The molecule has 0 bridgehead atoms. The van der Waals surface area contributed by atoms with E-state index in [2.05, 4.69) is 4.79 Å². The number of rotatable bonds is 1. The van der Waals surface area contributed by atoms with Crippen molar-refractivity contribution in [1.29, 1.82) is 0 Å². The van der Waals surface area contributed by atoms with E-state index < -0.39 is 32.5 Å². The van der Waals surface area contributed by atoms with E-state index >= 15 is 0 Å². The first-order valence-corrected chi connectivity index (χ1v) is 11.5. The molecule has 0 aliphatic carbocycles. The summed E-state index contributed by atoms with van der Waals surface area (Å²) in [5.74, 6) is -0.579. The summed E-state index contributed by atoms with van der Waals surface area (Å²) in [6.45, 7) is 1.97. The summed E-state index contributed by atoms with van der Waals surface area (Å²) < 4.78 is 64.0. The summed E-state index contributed by atoms with van der Waals surface area (Å²) in [5, 5.41) is 0.0436. The second-order valence-electron chi connectivity index (χ2n) is 5.33. The quantitative estimate of drug-likeness (QED) is 0.0905. The average Bonchev–Trinajstić information content (AvgIpc) is 2.67. The van der Waals surface area contributed by atoms with Crippen LogP contribution in [0.15, 0.2) is 68.1 Å². The molecule has 0 saturated carbocycles. The van der Waals surface area contributed by atoms with Crippen molar-refractivity contribution in [2.75, 3.05) is 6.61 Å². The van der Waals surface area contributed by atoms with Crippen molar-refractivity contribution >= 4 is 43.8 Å². The molecule has 0 unspecified atom stereocenters. The molecular weight excluding hydrogens is 465 g/mol. The zero-order valence-electron chi connectivity index (χ0n) is 15.1. The Morgan fingerprint density at radius 1 is 1.13 bits per heavy atom. The minimum absolute atomic E-state index is 0.0436. The minimum atomic E-state index is -6.09. The summed E-state index contributed by atoms with van der Waals surface area (Å²) in [4.78, 5) is 19.5. The Kier molecular flexibility index (Phi) is 7.72. The van der Waals surface area contributed by atoms with E-state index in [9.17, 15) is 23.5 Å². The number of benzene rings is 2. The van der Waals surface area contributed by atoms with Crippen LogP contribution in [0.1, 0.15) is 6.92 Å². The van der Waals surface area contributed by atoms with Gasteiger partial charge in [0.1, 0.15) is 0 Å². The van der Waals surface area contributed by atoms with Crippen molar-refractivity contribution in [3.05, 3.63) is 54.1 Å². The molecular formula is C17H13F3N2O5S3. The third kappa shape index (κ3) is 5.43. The molecule has 160 valence electrons. The molecule has 3 rings (SSSR count). The highest BCUT2D eigenvalue weighted by Crippen LogP contribution is 2.45. The Morgan fingerprint density at radius 2 is 1.57 bits per heavy atom. The Labute approximate surface area is 177 Å². The fourth-order valence-corrected chi connectivity index (χ4v) is 5.76. The highest BCUT2D eigenvalue weighted by atomic mass is 32.2. The minimum Gasteiger partial charge on any atom is -0.741 e. The lowest BCUT2D eigenvalue weighted by molar-refractivity contribution is -0.138. The van der Waals surface area contributed by atoms with Gasteiger partial charge in [-0.05, 0) is 31.2 Å². The van der Waals surface area contributed by atoms with Crippen LogP contribution in [0, 0.1) is 0 Å². The third-order valence-corrected chi connectivity index (χ3v) is 7.58. The number of esters is 1. The molecule has 0 radical (unpaired) electrons. The molecule has 0 fully saturated rings. The molecule has 2 aromatic rings. The van der Waals surface area contributed by atoms with Crippen molar-refractivity contribution in [2.24, 2.45) is 0 Å². The molecule has 0 atom stereocenters. The van der Waals surface area contributed by atoms with Crippen molar-refractivity contribution in [3.8, 4) is 0 Å². The number of carbonyl (C=O) groups is 1. The van der Waals surface area contributed by atoms with Gasteiger partial charge in [-0.25, -0.2) is 13.2 Å². The van der Waals surface area contributed by atoms with Crippen molar-refractivity contribution in [2.45, 2.75) is 32.0 Å². The molecule has 13 heteroatoms. The maximum atomic E-state index is 12.2. The monoisotopic (exact) mass is 478 g/mol. The third-order valence-electron chi connectivity index (χ3n) is 3.38. The van der Waals surface area contributed by atoms with Gasteiger partial charge in [0.15, 0.2) is 30.8 Å². The van der Waals surface area contributed by atoms with E-state index in [0.717, 1.165) is 19.6 Å². The van der Waals surface area contributed by atoms with E-state index in [1.807, 2.05) is 48.5 Å². The Bertz CT molecular complexity index is 1050. The molecule has 7 nitrogen and oxygen atoms in total. The zero-order valence-corrected chi connectivity index (χ0v) is 17.6. The second-order valence-corrected chi connectivity index (χ2v) is 9.66. The molecule has 1 heterocycles. The van der Waals surface area contributed by atoms with Gasteiger partial charge < -0.3 is 14.8 Å². The topological polar surface area (TPSA) is 120 Å². The first-order chi connectivity index (χ1) is 14.0. The van der Waals surface area contributed by atoms with E-state index in [1.165, 1.54) is 0 Å². The average molecular weight is 478 g/mol. The van der Waals surface area contributed by atoms with Crippen molar-refractivity contribution < 1.29 is 40.5 Å². The Morgan fingerprint density at radius 3 is 1.93 bits per heavy atom. The molecule has 30 heavy (non-hydrogen) atoms. The highest BCUT2D eigenvalue weighted by Gasteiger charge is 2.51. The van der Waals surface area contributed by atoms with Crippen LogP contribution in [-0.2, 0) is 30.5 Å². The zero-order chi connectivity index (χ0) is 22.5. The fraction of sp³-hybridized carbons (Fsp3) is 0.176. The van der Waals surface area contributed by atoms with Crippen LogP contribution < -0.4 is 0 Å². The Hall–Kier alpha value is -2.31. The maximum Gasteiger partial charge on any atom is 0.581 e. The second kappa shape index (κ2) is 9.67. The predicted molar refractivity (Wildman–Crippen MR) is 102 cm³/mol. The number of alkyl halides is 3. The Balaban J connectivity index is 0.000000343. The number of halogens is 3. The van der Waals surface area contributed by atoms with Gasteiger partial charge in [0.05, 0.1) is 16.4 Å². The van der Waals surface area contributed by atoms with E-state index in [1.54, 1.807) is 18.7 Å². The number of fused-ring (bicyclic) bond motifs is 2. The van der Waals surface area contributed by atoms with Crippen LogP contribution in [0.2, 0.25) is 0 Å². The lowest BCUT2D eigenvalue weighted by Crippen LogP contribution is -2.30. The number of hydrogen-bond acceptors (Lipinski definition) is 6. The molecule has 0 saturated heterocycles. The smallest absolute Gasteiger partial charge is 0.581 e. The van der Waals surface area contributed by atoms with Crippen LogP contribution in [0.4, 0.5) is 13.2 Å². The molecule has 0 aromatic heterocycles. The summed E-state index contributed by atoms with van der Waals surface area (Å²) in [5.41, 5.74) is 3.77. The summed E-state index contributed by atoms with van der Waals surface area (Å²) >= 11 is 1.66. The lowest BCUT2D eigenvalue weighted by atomic mass is 10.3. The van der Waals surface area contributed by atoms with Crippen LogP contribution >= 0.6 is 11.8 Å². The van der Waals surface area contributed by atoms with Crippen molar-refractivity contribution in [1.82, 2.24) is 0 Å². The lowest BCUT2D eigenvalue weighted by Gasteiger charge is -2.15. The van der Waals surface area contributed by atoms with Gasteiger partial charge in [0.2, 0.25) is 0 Å². The maximum absolute atomic E-state index is 12.2.